The van der Waals surface area contributed by atoms with Crippen molar-refractivity contribution in [3.05, 3.63) is 29.8 Å². The van der Waals surface area contributed by atoms with Gasteiger partial charge in [-0.1, -0.05) is 0 Å². The number of amides is 2. The zero-order valence-corrected chi connectivity index (χ0v) is 16.0. The molecule has 0 atom stereocenters. The fourth-order valence-electron chi connectivity index (χ4n) is 2.93. The molecule has 1 aliphatic rings. The lowest BCUT2D eigenvalue weighted by molar-refractivity contribution is -0.143. The quantitative estimate of drug-likeness (QED) is 0.718. The molecule has 148 valence electrons. The molecule has 0 radical (unpaired) electrons. The lowest BCUT2D eigenvalue weighted by atomic mass is 9.96. The maximum Gasteiger partial charge on any atom is 0.306 e. The van der Waals surface area contributed by atoms with Crippen LogP contribution in [-0.2, 0) is 19.4 Å². The molecule has 0 bridgehead atoms. The number of piperidine rings is 1. The van der Waals surface area contributed by atoms with Crippen LogP contribution in [0.5, 0.6) is 0 Å². The number of benzene rings is 1. The van der Waals surface area contributed by atoms with Crippen LogP contribution in [-0.4, -0.2) is 61.3 Å². The van der Waals surface area contributed by atoms with Gasteiger partial charge in [0.25, 0.3) is 5.91 Å². The van der Waals surface area contributed by atoms with E-state index in [1.54, 1.807) is 29.2 Å². The summed E-state index contributed by atoms with van der Waals surface area (Å²) in [4.78, 5) is 36.9. The van der Waals surface area contributed by atoms with E-state index in [2.05, 4.69) is 5.32 Å². The molecule has 8 nitrogen and oxygen atoms in total. The van der Waals surface area contributed by atoms with Crippen LogP contribution in [0.3, 0.4) is 0 Å². The number of nitrogens with zero attached hydrogens (tertiary/aromatic N) is 1. The van der Waals surface area contributed by atoms with Crippen molar-refractivity contribution in [3.8, 4) is 0 Å². The van der Waals surface area contributed by atoms with Gasteiger partial charge in [0, 0.05) is 37.0 Å². The van der Waals surface area contributed by atoms with E-state index in [-0.39, 0.29) is 30.4 Å². The van der Waals surface area contributed by atoms with Crippen molar-refractivity contribution in [2.24, 2.45) is 5.92 Å². The minimum absolute atomic E-state index is 0.0353. The summed E-state index contributed by atoms with van der Waals surface area (Å²) >= 11 is 0. The molecule has 27 heavy (non-hydrogen) atoms. The molecule has 9 heteroatoms. The highest BCUT2D eigenvalue weighted by atomic mass is 32.2. The molecule has 1 aromatic rings. The molecule has 2 N–H and O–H groups in total. The molecule has 0 unspecified atom stereocenters. The highest BCUT2D eigenvalue weighted by Gasteiger charge is 2.27. The summed E-state index contributed by atoms with van der Waals surface area (Å²) in [5.74, 6) is -1.70. The molecule has 2 rings (SSSR count). The Labute approximate surface area is 158 Å². The third kappa shape index (κ3) is 6.67. The molecule has 0 spiro atoms. The Bertz CT molecular complexity index is 796. The van der Waals surface area contributed by atoms with E-state index in [4.69, 9.17) is 5.11 Å². The third-order valence-corrected chi connectivity index (χ3v) is 5.50. The van der Waals surface area contributed by atoms with E-state index >= 15 is 0 Å². The molecular formula is C18H24N2O6S. The van der Waals surface area contributed by atoms with Gasteiger partial charge in [0.2, 0.25) is 5.91 Å². The summed E-state index contributed by atoms with van der Waals surface area (Å²) < 4.78 is 22.1. The van der Waals surface area contributed by atoms with Gasteiger partial charge in [-0.2, -0.15) is 0 Å². The minimum atomic E-state index is -3.08. The molecule has 1 heterocycles. The van der Waals surface area contributed by atoms with Crippen molar-refractivity contribution in [2.75, 3.05) is 30.4 Å². The first-order valence-electron chi connectivity index (χ1n) is 8.75. The highest BCUT2D eigenvalue weighted by Crippen LogP contribution is 2.20. The van der Waals surface area contributed by atoms with Crippen molar-refractivity contribution in [3.63, 3.8) is 0 Å². The number of hydrogen-bond acceptors (Lipinski definition) is 5. The monoisotopic (exact) mass is 396 g/mol. The normalized spacial score (nSPS) is 15.4. The number of anilines is 1. The van der Waals surface area contributed by atoms with Gasteiger partial charge in [-0.25, -0.2) is 8.42 Å². The standard InChI is InChI=1S/C18H24N2O6S/c1-27(25,26)12-2-3-16(21)19-15-6-4-13(5-7-15)17(22)20-10-8-14(9-11-20)18(23)24/h4-7,14H,2-3,8-12H2,1H3,(H,19,21)(H,23,24). The highest BCUT2D eigenvalue weighted by molar-refractivity contribution is 7.90. The molecule has 1 aliphatic heterocycles. The summed E-state index contributed by atoms with van der Waals surface area (Å²) in [6.45, 7) is 0.823. The van der Waals surface area contributed by atoms with Crippen LogP contribution in [0.1, 0.15) is 36.0 Å². The second-order valence-electron chi connectivity index (χ2n) is 6.76. The van der Waals surface area contributed by atoms with Crippen molar-refractivity contribution >= 4 is 33.3 Å². The van der Waals surface area contributed by atoms with Crippen LogP contribution < -0.4 is 5.32 Å². The first-order valence-corrected chi connectivity index (χ1v) is 10.8. The van der Waals surface area contributed by atoms with Gasteiger partial charge in [-0.05, 0) is 43.5 Å². The Morgan fingerprint density at radius 3 is 2.26 bits per heavy atom. The van der Waals surface area contributed by atoms with Crippen molar-refractivity contribution < 1.29 is 27.9 Å². The van der Waals surface area contributed by atoms with Crippen molar-refractivity contribution in [1.29, 1.82) is 0 Å². The van der Waals surface area contributed by atoms with Gasteiger partial charge >= 0.3 is 5.97 Å². The Hall–Kier alpha value is -2.42. The maximum atomic E-state index is 12.5. The number of carbonyl (C=O) groups excluding carboxylic acids is 2. The van der Waals surface area contributed by atoms with Crippen molar-refractivity contribution in [2.45, 2.75) is 25.7 Å². The predicted molar refractivity (Wildman–Crippen MR) is 100 cm³/mol. The number of aliphatic carboxylic acids is 1. The number of likely N-dealkylation sites (tertiary alicyclic amines) is 1. The molecule has 2 amide bonds. The van der Waals surface area contributed by atoms with Gasteiger partial charge in [0.15, 0.2) is 0 Å². The van der Waals surface area contributed by atoms with Crippen LogP contribution in [0.4, 0.5) is 5.69 Å². The number of rotatable bonds is 7. The number of sulfone groups is 1. The fourth-order valence-corrected chi connectivity index (χ4v) is 3.60. The van der Waals surface area contributed by atoms with Gasteiger partial charge < -0.3 is 15.3 Å². The van der Waals surface area contributed by atoms with E-state index in [0.717, 1.165) is 6.26 Å². The van der Waals surface area contributed by atoms with Gasteiger partial charge in [-0.15, -0.1) is 0 Å². The second kappa shape index (κ2) is 8.98. The van der Waals surface area contributed by atoms with Crippen LogP contribution in [0.15, 0.2) is 24.3 Å². The summed E-state index contributed by atoms with van der Waals surface area (Å²) in [7, 11) is -3.08. The van der Waals surface area contributed by atoms with Crippen LogP contribution >= 0.6 is 0 Å². The molecule has 1 saturated heterocycles. The van der Waals surface area contributed by atoms with E-state index in [1.807, 2.05) is 0 Å². The second-order valence-corrected chi connectivity index (χ2v) is 9.02. The molecule has 1 aromatic carbocycles. The smallest absolute Gasteiger partial charge is 0.306 e. The lowest BCUT2D eigenvalue weighted by Crippen LogP contribution is -2.40. The largest absolute Gasteiger partial charge is 0.481 e. The summed E-state index contributed by atoms with van der Waals surface area (Å²) in [6.07, 6.45) is 2.38. The average molecular weight is 396 g/mol. The number of carboxylic acid groups (broad SMARTS) is 1. The van der Waals surface area contributed by atoms with Crippen LogP contribution in [0.25, 0.3) is 0 Å². The van der Waals surface area contributed by atoms with Gasteiger partial charge in [0.1, 0.15) is 9.84 Å². The zero-order valence-electron chi connectivity index (χ0n) is 15.2. The fraction of sp³-hybridized carbons (Fsp3) is 0.500. The first-order chi connectivity index (χ1) is 12.7. The Balaban J connectivity index is 1.85. The topological polar surface area (TPSA) is 121 Å². The third-order valence-electron chi connectivity index (χ3n) is 4.47. The minimum Gasteiger partial charge on any atom is -0.481 e. The average Bonchev–Trinajstić information content (AvgIpc) is 2.60. The van der Waals surface area contributed by atoms with Crippen LogP contribution in [0.2, 0.25) is 0 Å². The number of nitrogens with one attached hydrogen (secondary N) is 1. The summed E-state index contributed by atoms with van der Waals surface area (Å²) in [6, 6.07) is 6.45. The predicted octanol–water partition coefficient (Wildman–Crippen LogP) is 1.39. The first kappa shape index (κ1) is 20.9. The molecule has 0 saturated carbocycles. The maximum absolute atomic E-state index is 12.5. The van der Waals surface area contributed by atoms with E-state index in [0.29, 0.717) is 37.2 Å². The van der Waals surface area contributed by atoms with Gasteiger partial charge in [0.05, 0.1) is 11.7 Å². The summed E-state index contributed by atoms with van der Waals surface area (Å²) in [5.41, 5.74) is 0.999. The van der Waals surface area contributed by atoms with Gasteiger partial charge in [-0.3, -0.25) is 14.4 Å². The number of carbonyl (C=O) groups is 3. The Morgan fingerprint density at radius 1 is 1.15 bits per heavy atom. The van der Waals surface area contributed by atoms with Crippen molar-refractivity contribution in [1.82, 2.24) is 4.90 Å². The van der Waals surface area contributed by atoms with Crippen LogP contribution in [0, 0.1) is 5.92 Å². The Morgan fingerprint density at radius 2 is 1.74 bits per heavy atom. The number of hydrogen-bond donors (Lipinski definition) is 2. The van der Waals surface area contributed by atoms with E-state index in [9.17, 15) is 22.8 Å². The molecule has 0 aromatic heterocycles. The molecule has 1 fully saturated rings. The summed E-state index contributed by atoms with van der Waals surface area (Å²) in [5, 5.41) is 11.7. The van der Waals surface area contributed by atoms with E-state index in [1.165, 1.54) is 0 Å². The van der Waals surface area contributed by atoms with E-state index < -0.39 is 21.7 Å². The number of carboxylic acids is 1. The lowest BCUT2D eigenvalue weighted by Gasteiger charge is -2.30. The molecule has 0 aliphatic carbocycles. The zero-order chi connectivity index (χ0) is 20.0. The Kier molecular flexibility index (Phi) is 6.95. The SMILES string of the molecule is CS(=O)(=O)CCCC(=O)Nc1ccc(C(=O)N2CCC(C(=O)O)CC2)cc1. The molecular weight excluding hydrogens is 372 g/mol.